The second kappa shape index (κ2) is 9.37. The van der Waals surface area contributed by atoms with Crippen molar-refractivity contribution >= 4 is 28.0 Å². The molecule has 1 atom stereocenters. The lowest BCUT2D eigenvalue weighted by atomic mass is 9.88. The number of alkyl halides is 1. The maximum Gasteiger partial charge on any atom is 0.267 e. The second-order valence-corrected chi connectivity index (χ2v) is 8.05. The van der Waals surface area contributed by atoms with Crippen molar-refractivity contribution in [2.75, 3.05) is 18.2 Å². The van der Waals surface area contributed by atoms with Gasteiger partial charge < -0.3 is 9.53 Å². The van der Waals surface area contributed by atoms with Gasteiger partial charge >= 0.3 is 0 Å². The molecule has 0 bridgehead atoms. The molecule has 1 aromatic rings. The Morgan fingerprint density at radius 2 is 1.91 bits per heavy atom. The van der Waals surface area contributed by atoms with Gasteiger partial charge in [0, 0.05) is 11.3 Å². The molecule has 0 N–H and O–H groups in total. The van der Waals surface area contributed by atoms with Crippen molar-refractivity contribution in [3.05, 3.63) is 35.9 Å². The molecule has 23 heavy (non-hydrogen) atoms. The van der Waals surface area contributed by atoms with E-state index in [1.54, 1.807) is 13.8 Å². The van der Waals surface area contributed by atoms with Gasteiger partial charge in [-0.3, -0.25) is 4.18 Å². The number of carbonyl (C=O) groups excluding carboxylic acids is 1. The van der Waals surface area contributed by atoms with E-state index in [1.807, 2.05) is 30.3 Å². The van der Waals surface area contributed by atoms with E-state index in [9.17, 15) is 13.2 Å². The van der Waals surface area contributed by atoms with Gasteiger partial charge in [-0.15, -0.1) is 11.6 Å². The quantitative estimate of drug-likeness (QED) is 0.344. The minimum Gasteiger partial charge on any atom is -0.365 e. The van der Waals surface area contributed by atoms with Gasteiger partial charge in [0.25, 0.3) is 10.1 Å². The van der Waals surface area contributed by atoms with E-state index in [-0.39, 0.29) is 24.8 Å². The molecule has 0 unspecified atom stereocenters. The Labute approximate surface area is 143 Å². The highest BCUT2D eigenvalue weighted by Crippen LogP contribution is 2.24. The largest absolute Gasteiger partial charge is 0.365 e. The van der Waals surface area contributed by atoms with Crippen LogP contribution in [0.1, 0.15) is 25.8 Å². The molecule has 5 nitrogen and oxygen atoms in total. The summed E-state index contributed by atoms with van der Waals surface area (Å²) in [5.41, 5.74) is 0.163. The molecule has 0 amide bonds. The van der Waals surface area contributed by atoms with Gasteiger partial charge in [-0.1, -0.05) is 44.2 Å². The maximum atomic E-state index is 11.7. The third-order valence-corrected chi connectivity index (χ3v) is 4.84. The summed E-state index contributed by atoms with van der Waals surface area (Å²) in [6.45, 7) is 3.60. The SMILES string of the molecule is CC(C)(COS(=O)(=O)CCCCl)[C@H](C=O)OCc1ccccc1. The van der Waals surface area contributed by atoms with Crippen LogP contribution in [0, 0.1) is 5.41 Å². The average Bonchev–Trinajstić information content (AvgIpc) is 2.53. The Morgan fingerprint density at radius 1 is 1.26 bits per heavy atom. The summed E-state index contributed by atoms with van der Waals surface area (Å²) in [7, 11) is -3.64. The normalized spacial score (nSPS) is 13.7. The first-order valence-electron chi connectivity index (χ1n) is 7.34. The molecular formula is C16H23ClO5S. The molecule has 0 fully saturated rings. The standard InChI is InChI=1S/C16H23ClO5S/c1-16(2,13-22-23(19,20)10-6-9-17)15(11-18)21-12-14-7-4-3-5-8-14/h3-5,7-8,11,15H,6,9-10,12-13H2,1-2H3/t15-/m0/s1. The zero-order valence-corrected chi connectivity index (χ0v) is 15.0. The van der Waals surface area contributed by atoms with Gasteiger partial charge in [0.15, 0.2) is 0 Å². The molecule has 0 aromatic heterocycles. The molecule has 1 rings (SSSR count). The van der Waals surface area contributed by atoms with Crippen LogP contribution in [-0.2, 0) is 30.4 Å². The molecule has 0 aliphatic rings. The van der Waals surface area contributed by atoms with Gasteiger partial charge in [0.1, 0.15) is 12.4 Å². The van der Waals surface area contributed by atoms with Crippen molar-refractivity contribution in [2.45, 2.75) is 33.0 Å². The number of halogens is 1. The Kier molecular flexibility index (Phi) is 8.19. The van der Waals surface area contributed by atoms with Crippen LogP contribution >= 0.6 is 11.6 Å². The summed E-state index contributed by atoms with van der Waals surface area (Å²) < 4.78 is 34.1. The molecule has 0 saturated heterocycles. The fourth-order valence-corrected chi connectivity index (χ4v) is 3.21. The fraction of sp³-hybridized carbons (Fsp3) is 0.562. The third-order valence-electron chi connectivity index (χ3n) is 3.30. The predicted octanol–water partition coefficient (Wildman–Crippen LogP) is 2.77. The lowest BCUT2D eigenvalue weighted by Crippen LogP contribution is -2.38. The van der Waals surface area contributed by atoms with Gasteiger partial charge in [-0.05, 0) is 12.0 Å². The number of carbonyl (C=O) groups is 1. The van der Waals surface area contributed by atoms with E-state index in [0.29, 0.717) is 12.7 Å². The highest BCUT2D eigenvalue weighted by molar-refractivity contribution is 7.86. The number of ether oxygens (including phenoxy) is 1. The highest BCUT2D eigenvalue weighted by atomic mass is 35.5. The summed E-state index contributed by atoms with van der Waals surface area (Å²) in [4.78, 5) is 11.3. The van der Waals surface area contributed by atoms with Crippen LogP contribution in [0.15, 0.2) is 30.3 Å². The molecule has 0 radical (unpaired) electrons. The molecule has 0 spiro atoms. The number of hydrogen-bond acceptors (Lipinski definition) is 5. The fourth-order valence-electron chi connectivity index (χ4n) is 1.82. The average molecular weight is 363 g/mol. The van der Waals surface area contributed by atoms with E-state index in [4.69, 9.17) is 20.5 Å². The van der Waals surface area contributed by atoms with Crippen LogP contribution in [-0.4, -0.2) is 39.0 Å². The molecule has 7 heteroatoms. The zero-order valence-electron chi connectivity index (χ0n) is 13.4. The van der Waals surface area contributed by atoms with Crippen LogP contribution in [0.2, 0.25) is 0 Å². The van der Waals surface area contributed by atoms with Crippen LogP contribution in [0.25, 0.3) is 0 Å². The number of hydrogen-bond donors (Lipinski definition) is 0. The van der Waals surface area contributed by atoms with Crippen molar-refractivity contribution in [1.82, 2.24) is 0 Å². The molecular weight excluding hydrogens is 340 g/mol. The predicted molar refractivity (Wildman–Crippen MR) is 89.9 cm³/mol. The summed E-state index contributed by atoms with van der Waals surface area (Å²) >= 11 is 5.48. The second-order valence-electron chi connectivity index (χ2n) is 5.91. The minimum absolute atomic E-state index is 0.129. The van der Waals surface area contributed by atoms with E-state index in [1.165, 1.54) is 0 Å². The first-order chi connectivity index (χ1) is 10.8. The summed E-state index contributed by atoms with van der Waals surface area (Å²) in [5.74, 6) is 0.117. The lowest BCUT2D eigenvalue weighted by molar-refractivity contribution is -0.129. The molecule has 0 saturated carbocycles. The summed E-state index contributed by atoms with van der Waals surface area (Å²) in [6, 6.07) is 9.44. The van der Waals surface area contributed by atoms with Crippen molar-refractivity contribution in [1.29, 1.82) is 0 Å². The monoisotopic (exact) mass is 362 g/mol. The van der Waals surface area contributed by atoms with Gasteiger partial charge in [0.05, 0.1) is 19.0 Å². The van der Waals surface area contributed by atoms with Gasteiger partial charge in [-0.2, -0.15) is 8.42 Å². The van der Waals surface area contributed by atoms with E-state index in [0.717, 1.165) is 5.56 Å². The zero-order chi connectivity index (χ0) is 17.3. The van der Waals surface area contributed by atoms with E-state index in [2.05, 4.69) is 0 Å². The smallest absolute Gasteiger partial charge is 0.267 e. The van der Waals surface area contributed by atoms with Crippen molar-refractivity contribution in [3.8, 4) is 0 Å². The van der Waals surface area contributed by atoms with Crippen LogP contribution in [0.3, 0.4) is 0 Å². The molecule has 0 aliphatic carbocycles. The van der Waals surface area contributed by atoms with Crippen molar-refractivity contribution in [3.63, 3.8) is 0 Å². The van der Waals surface area contributed by atoms with E-state index < -0.39 is 21.6 Å². The van der Waals surface area contributed by atoms with Crippen molar-refractivity contribution < 1.29 is 22.1 Å². The summed E-state index contributed by atoms with van der Waals surface area (Å²) in [6.07, 6.45) is 0.231. The Balaban J connectivity index is 2.58. The van der Waals surface area contributed by atoms with Gasteiger partial charge in [-0.25, -0.2) is 0 Å². The molecule has 130 valence electrons. The first kappa shape index (κ1) is 20.1. The van der Waals surface area contributed by atoms with E-state index >= 15 is 0 Å². The maximum absolute atomic E-state index is 11.7. The Hall–Kier alpha value is -0.950. The molecule has 1 aromatic carbocycles. The topological polar surface area (TPSA) is 69.7 Å². The van der Waals surface area contributed by atoms with Crippen LogP contribution < -0.4 is 0 Å². The van der Waals surface area contributed by atoms with Crippen LogP contribution in [0.4, 0.5) is 0 Å². The number of benzene rings is 1. The van der Waals surface area contributed by atoms with Crippen molar-refractivity contribution in [2.24, 2.45) is 5.41 Å². The minimum atomic E-state index is -3.64. The number of rotatable bonds is 11. The van der Waals surface area contributed by atoms with Crippen LogP contribution in [0.5, 0.6) is 0 Å². The molecule has 0 heterocycles. The Morgan fingerprint density at radius 3 is 2.48 bits per heavy atom. The number of aldehydes is 1. The first-order valence-corrected chi connectivity index (χ1v) is 9.46. The third kappa shape index (κ3) is 7.44. The van der Waals surface area contributed by atoms with Gasteiger partial charge in [0.2, 0.25) is 0 Å². The lowest BCUT2D eigenvalue weighted by Gasteiger charge is -2.30. The Bertz CT molecular complexity index is 571. The highest BCUT2D eigenvalue weighted by Gasteiger charge is 2.32. The molecule has 0 aliphatic heterocycles. The summed E-state index contributed by atoms with van der Waals surface area (Å²) in [5, 5.41) is 0.